The Morgan fingerprint density at radius 2 is 1.78 bits per heavy atom. The van der Waals surface area contributed by atoms with Gasteiger partial charge in [-0.3, -0.25) is 9.74 Å². The van der Waals surface area contributed by atoms with Gasteiger partial charge < -0.3 is 5.32 Å². The van der Waals surface area contributed by atoms with E-state index in [0.29, 0.717) is 13.2 Å². The summed E-state index contributed by atoms with van der Waals surface area (Å²) in [5.41, 5.74) is 4.12. The molecule has 0 aliphatic carbocycles. The molecule has 1 aliphatic heterocycles. The van der Waals surface area contributed by atoms with E-state index in [9.17, 15) is 13.6 Å². The Morgan fingerprint density at radius 1 is 1.04 bits per heavy atom. The number of hydroxylamine groups is 1. The van der Waals surface area contributed by atoms with Crippen LogP contribution in [0.2, 0.25) is 0 Å². The zero-order valence-corrected chi connectivity index (χ0v) is 15.0. The zero-order valence-electron chi connectivity index (χ0n) is 15.0. The molecule has 0 bridgehead atoms. The highest BCUT2D eigenvalue weighted by molar-refractivity contribution is 5.73. The maximum absolute atomic E-state index is 13.3. The molecule has 2 N–H and O–H groups in total. The smallest absolute Gasteiger partial charge is 0.334 e. The molecular formula is C20H23F2N3O2. The first-order valence-electron chi connectivity index (χ1n) is 8.98. The number of amides is 2. The minimum absolute atomic E-state index is 0.0616. The summed E-state index contributed by atoms with van der Waals surface area (Å²) in [5, 5.41) is 2.89. The van der Waals surface area contributed by atoms with Crippen LogP contribution in [0.25, 0.3) is 0 Å². The molecule has 0 spiro atoms. The summed E-state index contributed by atoms with van der Waals surface area (Å²) in [6.45, 7) is 2.42. The number of rotatable bonds is 6. The van der Waals surface area contributed by atoms with Gasteiger partial charge in [0, 0.05) is 25.7 Å². The van der Waals surface area contributed by atoms with E-state index in [2.05, 4.69) is 15.7 Å². The van der Waals surface area contributed by atoms with Crippen molar-refractivity contribution < 1.29 is 18.4 Å². The van der Waals surface area contributed by atoms with Gasteiger partial charge in [0.15, 0.2) is 11.6 Å². The molecule has 2 amide bonds. The van der Waals surface area contributed by atoms with Crippen molar-refractivity contribution in [3.8, 4) is 0 Å². The average Bonchev–Trinajstić information content (AvgIpc) is 2.67. The molecule has 2 aromatic rings. The first-order valence-corrected chi connectivity index (χ1v) is 8.98. The first-order chi connectivity index (χ1) is 13.1. The van der Waals surface area contributed by atoms with Gasteiger partial charge in [-0.15, -0.1) is 0 Å². The second kappa shape index (κ2) is 9.43. The molecule has 0 atom stereocenters. The molecule has 1 saturated heterocycles. The van der Waals surface area contributed by atoms with E-state index in [4.69, 9.17) is 4.84 Å². The van der Waals surface area contributed by atoms with Crippen LogP contribution in [0.1, 0.15) is 24.0 Å². The van der Waals surface area contributed by atoms with E-state index in [0.717, 1.165) is 43.1 Å². The number of carbonyl (C=O) groups is 1. The number of nitrogens with zero attached hydrogens (tertiary/aromatic N) is 1. The fourth-order valence-corrected chi connectivity index (χ4v) is 3.11. The molecule has 1 aliphatic rings. The van der Waals surface area contributed by atoms with Crippen LogP contribution in [0.4, 0.5) is 13.6 Å². The van der Waals surface area contributed by atoms with E-state index in [1.807, 2.05) is 30.3 Å². The van der Waals surface area contributed by atoms with Crippen molar-refractivity contribution in [2.75, 3.05) is 13.1 Å². The molecule has 5 nitrogen and oxygen atoms in total. The number of carbonyl (C=O) groups excluding carboxylic acids is 1. The van der Waals surface area contributed by atoms with Crippen LogP contribution in [0, 0.1) is 11.6 Å². The van der Waals surface area contributed by atoms with Crippen LogP contribution < -0.4 is 10.8 Å². The van der Waals surface area contributed by atoms with Crippen LogP contribution in [-0.4, -0.2) is 30.1 Å². The summed E-state index contributed by atoms with van der Waals surface area (Å²) in [6.07, 6.45) is 1.57. The second-order valence-corrected chi connectivity index (χ2v) is 6.65. The van der Waals surface area contributed by atoms with Gasteiger partial charge in [0.1, 0.15) is 0 Å². The number of hydrogen-bond donors (Lipinski definition) is 2. The van der Waals surface area contributed by atoms with E-state index in [1.54, 1.807) is 6.07 Å². The van der Waals surface area contributed by atoms with Crippen LogP contribution in [0.15, 0.2) is 48.5 Å². The first kappa shape index (κ1) is 19.3. The Balaban J connectivity index is 1.35. The maximum atomic E-state index is 13.3. The highest BCUT2D eigenvalue weighted by Gasteiger charge is 2.21. The highest BCUT2D eigenvalue weighted by atomic mass is 19.2. The predicted octanol–water partition coefficient (Wildman–Crippen LogP) is 3.36. The maximum Gasteiger partial charge on any atom is 0.338 e. The van der Waals surface area contributed by atoms with E-state index in [1.165, 1.54) is 6.07 Å². The van der Waals surface area contributed by atoms with Crippen molar-refractivity contribution in [2.45, 2.75) is 32.0 Å². The Kier molecular flexibility index (Phi) is 6.73. The lowest BCUT2D eigenvalue weighted by atomic mass is 10.0. The number of hydrogen-bond acceptors (Lipinski definition) is 3. The lowest BCUT2D eigenvalue weighted by Crippen LogP contribution is -2.47. The summed E-state index contributed by atoms with van der Waals surface area (Å²) < 4.78 is 26.3. The van der Waals surface area contributed by atoms with Crippen LogP contribution in [0.3, 0.4) is 0 Å². The predicted molar refractivity (Wildman–Crippen MR) is 97.6 cm³/mol. The summed E-state index contributed by atoms with van der Waals surface area (Å²) in [4.78, 5) is 19.3. The van der Waals surface area contributed by atoms with Gasteiger partial charge in [0.25, 0.3) is 0 Å². The molecule has 7 heteroatoms. The van der Waals surface area contributed by atoms with Crippen LogP contribution in [-0.2, 0) is 18.0 Å². The molecular weight excluding hydrogens is 352 g/mol. The van der Waals surface area contributed by atoms with Crippen molar-refractivity contribution >= 4 is 6.03 Å². The van der Waals surface area contributed by atoms with Gasteiger partial charge in [-0.25, -0.2) is 19.1 Å². The minimum Gasteiger partial charge on any atom is -0.334 e. The molecule has 0 aromatic heterocycles. The van der Waals surface area contributed by atoms with E-state index < -0.39 is 11.6 Å². The molecule has 0 radical (unpaired) electrons. The molecule has 1 fully saturated rings. The number of nitrogens with one attached hydrogen (secondary N) is 2. The van der Waals surface area contributed by atoms with Crippen molar-refractivity contribution in [2.24, 2.45) is 0 Å². The standard InChI is InChI=1S/C20H23F2N3O2/c21-18-7-6-16(12-19(18)22)13-25-10-8-17(9-11-25)23-20(26)24-27-14-15-4-2-1-3-5-15/h1-7,12,17H,8-11,13-14H2,(H2,23,24,26). The van der Waals surface area contributed by atoms with E-state index in [-0.39, 0.29) is 12.1 Å². The lowest BCUT2D eigenvalue weighted by Gasteiger charge is -2.32. The largest absolute Gasteiger partial charge is 0.338 e. The number of likely N-dealkylation sites (tertiary alicyclic amines) is 1. The quantitative estimate of drug-likeness (QED) is 0.762. The van der Waals surface area contributed by atoms with Gasteiger partial charge in [-0.1, -0.05) is 36.4 Å². The molecule has 2 aromatic carbocycles. The normalized spacial score (nSPS) is 15.5. The summed E-state index contributed by atoms with van der Waals surface area (Å²) in [6, 6.07) is 13.3. The third-order valence-electron chi connectivity index (χ3n) is 4.56. The number of piperidine rings is 1. The molecule has 0 saturated carbocycles. The minimum atomic E-state index is -0.831. The zero-order chi connectivity index (χ0) is 19.1. The SMILES string of the molecule is O=C(NOCc1ccccc1)NC1CCN(Cc2ccc(F)c(F)c2)CC1. The average molecular weight is 375 g/mol. The Bertz CT molecular complexity index is 750. The highest BCUT2D eigenvalue weighted by Crippen LogP contribution is 2.16. The van der Waals surface area contributed by atoms with Gasteiger partial charge in [-0.05, 0) is 36.1 Å². The van der Waals surface area contributed by atoms with Gasteiger partial charge >= 0.3 is 6.03 Å². The number of urea groups is 1. The summed E-state index contributed by atoms with van der Waals surface area (Å²) >= 11 is 0. The third kappa shape index (κ3) is 6.01. The molecule has 1 heterocycles. The lowest BCUT2D eigenvalue weighted by molar-refractivity contribution is 0.0470. The molecule has 27 heavy (non-hydrogen) atoms. The van der Waals surface area contributed by atoms with Crippen molar-refractivity contribution in [3.05, 3.63) is 71.3 Å². The monoisotopic (exact) mass is 375 g/mol. The third-order valence-corrected chi connectivity index (χ3v) is 4.56. The van der Waals surface area contributed by atoms with Crippen molar-refractivity contribution in [1.82, 2.24) is 15.7 Å². The Hall–Kier alpha value is -2.51. The van der Waals surface area contributed by atoms with Crippen molar-refractivity contribution in [1.29, 1.82) is 0 Å². The number of halogens is 2. The van der Waals surface area contributed by atoms with Gasteiger partial charge in [0.05, 0.1) is 6.61 Å². The van der Waals surface area contributed by atoms with Crippen LogP contribution >= 0.6 is 0 Å². The topological polar surface area (TPSA) is 53.6 Å². The summed E-state index contributed by atoms with van der Waals surface area (Å²) in [5.74, 6) is -1.65. The van der Waals surface area contributed by atoms with Crippen molar-refractivity contribution in [3.63, 3.8) is 0 Å². The summed E-state index contributed by atoms with van der Waals surface area (Å²) in [7, 11) is 0. The molecule has 0 unspecified atom stereocenters. The fraction of sp³-hybridized carbons (Fsp3) is 0.350. The second-order valence-electron chi connectivity index (χ2n) is 6.65. The molecule has 144 valence electrons. The number of benzene rings is 2. The Morgan fingerprint density at radius 3 is 2.48 bits per heavy atom. The Labute approximate surface area is 157 Å². The fourth-order valence-electron chi connectivity index (χ4n) is 3.11. The van der Waals surface area contributed by atoms with Gasteiger partial charge in [0.2, 0.25) is 0 Å². The van der Waals surface area contributed by atoms with Crippen LogP contribution in [0.5, 0.6) is 0 Å². The van der Waals surface area contributed by atoms with Gasteiger partial charge in [-0.2, -0.15) is 0 Å². The van der Waals surface area contributed by atoms with E-state index >= 15 is 0 Å². The molecule has 3 rings (SSSR count).